The van der Waals surface area contributed by atoms with Crippen molar-refractivity contribution < 1.29 is 4.74 Å². The molecule has 0 unspecified atom stereocenters. The first kappa shape index (κ1) is 13.4. The summed E-state index contributed by atoms with van der Waals surface area (Å²) in [5.74, 6) is 0.718. The summed E-state index contributed by atoms with van der Waals surface area (Å²) < 4.78 is 8.59. The fourth-order valence-electron chi connectivity index (χ4n) is 2.40. The second kappa shape index (κ2) is 5.06. The monoisotopic (exact) mass is 284 g/mol. The van der Waals surface area contributed by atoms with Crippen molar-refractivity contribution in [2.24, 2.45) is 12.8 Å². The zero-order valence-electron chi connectivity index (χ0n) is 11.9. The Balaban J connectivity index is 2.29. The summed E-state index contributed by atoms with van der Waals surface area (Å²) >= 11 is 0. The summed E-state index contributed by atoms with van der Waals surface area (Å²) in [7, 11) is 3.48. The van der Waals surface area contributed by atoms with Crippen molar-refractivity contribution in [2.75, 3.05) is 7.11 Å². The number of hydrogen-bond acceptors (Lipinski definition) is 4. The Morgan fingerprint density at radius 3 is 2.76 bits per heavy atom. The lowest BCUT2D eigenvalue weighted by atomic mass is 10.1. The Kier molecular flexibility index (Phi) is 3.23. The predicted molar refractivity (Wildman–Crippen MR) is 80.3 cm³/mol. The van der Waals surface area contributed by atoms with E-state index in [2.05, 4.69) is 5.10 Å². The van der Waals surface area contributed by atoms with E-state index in [1.54, 1.807) is 7.11 Å². The molecular formula is C15H16N4O2. The molecule has 0 bridgehead atoms. The summed E-state index contributed by atoms with van der Waals surface area (Å²) in [6, 6.07) is 10.9. The summed E-state index contributed by atoms with van der Waals surface area (Å²) in [5.41, 5.74) is 8.47. The lowest BCUT2D eigenvalue weighted by molar-refractivity contribution is 0.416. The predicted octanol–water partition coefficient (Wildman–Crippen LogP) is 1.17. The second-order valence-electron chi connectivity index (χ2n) is 4.74. The van der Waals surface area contributed by atoms with Gasteiger partial charge in [0, 0.05) is 37.0 Å². The van der Waals surface area contributed by atoms with E-state index in [9.17, 15) is 4.79 Å². The molecule has 0 aliphatic heterocycles. The largest absolute Gasteiger partial charge is 0.496 e. The van der Waals surface area contributed by atoms with Gasteiger partial charge in [-0.3, -0.25) is 4.79 Å². The van der Waals surface area contributed by atoms with Gasteiger partial charge in [0.05, 0.1) is 12.8 Å². The summed E-state index contributed by atoms with van der Waals surface area (Å²) in [6.45, 7) is 0.303. The van der Waals surface area contributed by atoms with E-state index in [1.165, 1.54) is 10.6 Å². The van der Waals surface area contributed by atoms with Crippen molar-refractivity contribution in [3.63, 3.8) is 0 Å². The molecule has 6 nitrogen and oxygen atoms in total. The van der Waals surface area contributed by atoms with Crippen LogP contribution in [0.15, 0.2) is 41.2 Å². The van der Waals surface area contributed by atoms with Gasteiger partial charge in [-0.2, -0.15) is 9.61 Å². The molecule has 0 saturated carbocycles. The van der Waals surface area contributed by atoms with Gasteiger partial charge >= 0.3 is 0 Å². The van der Waals surface area contributed by atoms with E-state index in [0.29, 0.717) is 17.9 Å². The molecule has 0 aliphatic carbocycles. The number of aryl methyl sites for hydroxylation is 1. The quantitative estimate of drug-likeness (QED) is 0.783. The van der Waals surface area contributed by atoms with Crippen LogP contribution in [0.1, 0.15) is 5.69 Å². The Labute approximate surface area is 121 Å². The van der Waals surface area contributed by atoms with E-state index in [4.69, 9.17) is 10.5 Å². The highest BCUT2D eigenvalue weighted by molar-refractivity contribution is 5.70. The van der Waals surface area contributed by atoms with Crippen LogP contribution >= 0.6 is 0 Å². The molecule has 2 heterocycles. The number of para-hydroxylation sites is 1. The van der Waals surface area contributed by atoms with Crippen molar-refractivity contribution in [1.29, 1.82) is 0 Å². The number of fused-ring (bicyclic) bond motifs is 1. The molecule has 2 aromatic heterocycles. The number of nitrogens with zero attached hydrogens (tertiary/aromatic N) is 3. The smallest absolute Gasteiger partial charge is 0.274 e. The van der Waals surface area contributed by atoms with Crippen molar-refractivity contribution >= 4 is 5.65 Å². The summed E-state index contributed by atoms with van der Waals surface area (Å²) in [5, 5.41) is 4.39. The molecule has 0 radical (unpaired) electrons. The number of aromatic nitrogens is 3. The van der Waals surface area contributed by atoms with Crippen molar-refractivity contribution in [2.45, 2.75) is 6.54 Å². The molecule has 0 spiro atoms. The minimum atomic E-state index is -0.190. The topological polar surface area (TPSA) is 74.5 Å². The normalized spacial score (nSPS) is 11.0. The Morgan fingerprint density at radius 2 is 2.05 bits per heavy atom. The molecule has 0 aliphatic rings. The van der Waals surface area contributed by atoms with Crippen LogP contribution < -0.4 is 16.0 Å². The van der Waals surface area contributed by atoms with Crippen molar-refractivity contribution in [3.8, 4) is 17.0 Å². The van der Waals surface area contributed by atoms with Gasteiger partial charge in [0.15, 0.2) is 0 Å². The number of ether oxygens (including phenoxy) is 1. The standard InChI is InChI=1S/C15H16N4O2/c1-18-10(9-16)7-15(20)19-14(18)8-12(17-19)11-5-3-4-6-13(11)21-2/h3-8H,9,16H2,1-2H3. The van der Waals surface area contributed by atoms with Gasteiger partial charge in [0.25, 0.3) is 5.56 Å². The van der Waals surface area contributed by atoms with Gasteiger partial charge < -0.3 is 15.0 Å². The van der Waals surface area contributed by atoms with E-state index in [1.807, 2.05) is 41.9 Å². The highest BCUT2D eigenvalue weighted by Crippen LogP contribution is 2.28. The van der Waals surface area contributed by atoms with Crippen molar-refractivity contribution in [3.05, 3.63) is 52.4 Å². The molecule has 0 saturated heterocycles. The summed E-state index contributed by atoms with van der Waals surface area (Å²) in [6.07, 6.45) is 0. The van der Waals surface area contributed by atoms with Crippen LogP contribution in [0.2, 0.25) is 0 Å². The van der Waals surface area contributed by atoms with Crippen LogP contribution in [0, 0.1) is 0 Å². The van der Waals surface area contributed by atoms with Crippen molar-refractivity contribution in [1.82, 2.24) is 14.2 Å². The third-order valence-corrected chi connectivity index (χ3v) is 3.56. The molecule has 1 aromatic carbocycles. The number of benzene rings is 1. The second-order valence-corrected chi connectivity index (χ2v) is 4.74. The van der Waals surface area contributed by atoms with E-state index < -0.39 is 0 Å². The molecular weight excluding hydrogens is 268 g/mol. The zero-order chi connectivity index (χ0) is 15.0. The average Bonchev–Trinajstić information content (AvgIpc) is 2.96. The SMILES string of the molecule is COc1ccccc1-c1cc2n(C)c(CN)cc(=O)n2n1. The van der Waals surface area contributed by atoms with Gasteiger partial charge in [0.1, 0.15) is 11.4 Å². The highest BCUT2D eigenvalue weighted by atomic mass is 16.5. The first-order valence-corrected chi connectivity index (χ1v) is 6.58. The minimum absolute atomic E-state index is 0.190. The Morgan fingerprint density at radius 1 is 1.29 bits per heavy atom. The Hall–Kier alpha value is -2.60. The van der Waals surface area contributed by atoms with Crippen LogP contribution in [0.25, 0.3) is 16.9 Å². The Bertz CT molecular complexity index is 864. The minimum Gasteiger partial charge on any atom is -0.496 e. The maximum atomic E-state index is 12.1. The van der Waals surface area contributed by atoms with E-state index >= 15 is 0 Å². The van der Waals surface area contributed by atoms with Gasteiger partial charge in [0.2, 0.25) is 0 Å². The molecule has 0 atom stereocenters. The van der Waals surface area contributed by atoms with Crippen LogP contribution in [-0.4, -0.2) is 21.3 Å². The molecule has 108 valence electrons. The third-order valence-electron chi connectivity index (χ3n) is 3.56. The molecule has 0 fully saturated rings. The van der Waals surface area contributed by atoms with Crippen LogP contribution in [-0.2, 0) is 13.6 Å². The fraction of sp³-hybridized carbons (Fsp3) is 0.200. The maximum Gasteiger partial charge on any atom is 0.274 e. The zero-order valence-corrected chi connectivity index (χ0v) is 11.9. The van der Waals surface area contributed by atoms with Gasteiger partial charge in [-0.25, -0.2) is 0 Å². The molecule has 3 rings (SSSR count). The van der Waals surface area contributed by atoms with Gasteiger partial charge in [-0.15, -0.1) is 0 Å². The first-order valence-electron chi connectivity index (χ1n) is 6.58. The van der Waals surface area contributed by atoms with E-state index in [0.717, 1.165) is 17.0 Å². The van der Waals surface area contributed by atoms with Crippen LogP contribution in [0.4, 0.5) is 0 Å². The number of nitrogens with two attached hydrogens (primary N) is 1. The lowest BCUT2D eigenvalue weighted by Crippen LogP contribution is -2.21. The third kappa shape index (κ3) is 2.09. The molecule has 0 amide bonds. The maximum absolute atomic E-state index is 12.1. The van der Waals surface area contributed by atoms with Gasteiger partial charge in [-0.05, 0) is 12.1 Å². The average molecular weight is 284 g/mol. The first-order chi connectivity index (χ1) is 10.2. The van der Waals surface area contributed by atoms with E-state index in [-0.39, 0.29) is 5.56 Å². The van der Waals surface area contributed by atoms with Crippen LogP contribution in [0.3, 0.4) is 0 Å². The molecule has 2 N–H and O–H groups in total. The lowest BCUT2D eigenvalue weighted by Gasteiger charge is -2.07. The molecule has 6 heteroatoms. The number of hydrogen-bond donors (Lipinski definition) is 1. The van der Waals surface area contributed by atoms with Gasteiger partial charge in [-0.1, -0.05) is 12.1 Å². The number of methoxy groups -OCH3 is 1. The number of rotatable bonds is 3. The molecule has 21 heavy (non-hydrogen) atoms. The summed E-state index contributed by atoms with van der Waals surface area (Å²) in [4.78, 5) is 12.1. The fourth-order valence-corrected chi connectivity index (χ4v) is 2.40. The molecule has 3 aromatic rings. The van der Waals surface area contributed by atoms with Crippen LogP contribution in [0.5, 0.6) is 5.75 Å². The highest BCUT2D eigenvalue weighted by Gasteiger charge is 2.13.